The molecule has 1 aromatic carbocycles. The van der Waals surface area contributed by atoms with Gasteiger partial charge in [-0.2, -0.15) is 0 Å². The lowest BCUT2D eigenvalue weighted by molar-refractivity contribution is 0.0749. The Hall–Kier alpha value is -1.55. The molecule has 1 saturated heterocycles. The molecule has 4 nitrogen and oxygen atoms in total. The Morgan fingerprint density at radius 1 is 1.00 bits per heavy atom. The van der Waals surface area contributed by atoms with E-state index in [1.807, 2.05) is 35.2 Å². The molecular formula is C25H37NO3. The van der Waals surface area contributed by atoms with Crippen molar-refractivity contribution in [3.63, 3.8) is 0 Å². The van der Waals surface area contributed by atoms with Crippen LogP contribution in [0.4, 0.5) is 4.79 Å². The summed E-state index contributed by atoms with van der Waals surface area (Å²) in [6, 6.07) is 9.91. The van der Waals surface area contributed by atoms with Gasteiger partial charge in [-0.15, -0.1) is 0 Å². The van der Waals surface area contributed by atoms with Crippen LogP contribution in [0.25, 0.3) is 0 Å². The zero-order chi connectivity index (χ0) is 19.9. The SMILES string of the molecule is O=C(OCc1ccccc1)N1CCC([C@H]2C[C@H]2CCOCC2CCCCC2)CC1. The number of carbonyl (C=O) groups excluding carboxylic acids is 1. The molecule has 4 rings (SSSR count). The maximum absolute atomic E-state index is 12.3. The summed E-state index contributed by atoms with van der Waals surface area (Å²) >= 11 is 0. The third kappa shape index (κ3) is 6.21. The molecule has 2 aliphatic carbocycles. The van der Waals surface area contributed by atoms with Crippen LogP contribution in [0, 0.1) is 23.7 Å². The Morgan fingerprint density at radius 2 is 1.76 bits per heavy atom. The zero-order valence-electron chi connectivity index (χ0n) is 17.8. The zero-order valence-corrected chi connectivity index (χ0v) is 17.8. The van der Waals surface area contributed by atoms with Gasteiger partial charge in [0.2, 0.25) is 0 Å². The molecule has 0 radical (unpaired) electrons. The van der Waals surface area contributed by atoms with Crippen LogP contribution >= 0.6 is 0 Å². The first-order valence-electron chi connectivity index (χ1n) is 11.8. The number of piperidine rings is 1. The number of likely N-dealkylation sites (tertiary alicyclic amines) is 1. The summed E-state index contributed by atoms with van der Waals surface area (Å²) in [4.78, 5) is 14.2. The van der Waals surface area contributed by atoms with Crippen molar-refractivity contribution in [3.8, 4) is 0 Å². The van der Waals surface area contributed by atoms with Crippen LogP contribution in [0.3, 0.4) is 0 Å². The minimum absolute atomic E-state index is 0.157. The molecule has 4 heteroatoms. The van der Waals surface area contributed by atoms with E-state index in [2.05, 4.69) is 0 Å². The van der Waals surface area contributed by atoms with Crippen LogP contribution in [0.1, 0.15) is 63.4 Å². The van der Waals surface area contributed by atoms with E-state index in [0.29, 0.717) is 6.61 Å². The lowest BCUT2D eigenvalue weighted by atomic mass is 9.90. The monoisotopic (exact) mass is 399 g/mol. The largest absolute Gasteiger partial charge is 0.445 e. The summed E-state index contributed by atoms with van der Waals surface area (Å²) in [6.07, 6.45) is 11.7. The average molecular weight is 400 g/mol. The lowest BCUT2D eigenvalue weighted by Gasteiger charge is -2.31. The van der Waals surface area contributed by atoms with Crippen LogP contribution in [-0.2, 0) is 16.1 Å². The van der Waals surface area contributed by atoms with Gasteiger partial charge in [0, 0.05) is 26.3 Å². The van der Waals surface area contributed by atoms with Gasteiger partial charge in [0.15, 0.2) is 0 Å². The number of amides is 1. The van der Waals surface area contributed by atoms with Crippen LogP contribution in [-0.4, -0.2) is 37.3 Å². The average Bonchev–Trinajstić information content (AvgIpc) is 3.56. The number of rotatable bonds is 8. The highest BCUT2D eigenvalue weighted by Crippen LogP contribution is 2.49. The fraction of sp³-hybridized carbons (Fsp3) is 0.720. The summed E-state index contributed by atoms with van der Waals surface area (Å²) in [5.74, 6) is 3.35. The van der Waals surface area contributed by atoms with Crippen molar-refractivity contribution >= 4 is 6.09 Å². The highest BCUT2D eigenvalue weighted by molar-refractivity contribution is 5.67. The van der Waals surface area contributed by atoms with Crippen molar-refractivity contribution in [2.24, 2.45) is 23.7 Å². The molecule has 3 aliphatic rings. The predicted octanol–water partition coefficient (Wildman–Crippen LogP) is 5.66. The van der Waals surface area contributed by atoms with Crippen LogP contribution in [0.5, 0.6) is 0 Å². The Labute approximate surface area is 175 Å². The van der Waals surface area contributed by atoms with E-state index in [0.717, 1.165) is 68.4 Å². The summed E-state index contributed by atoms with van der Waals surface area (Å²) in [7, 11) is 0. The summed E-state index contributed by atoms with van der Waals surface area (Å²) in [5, 5.41) is 0. The number of benzene rings is 1. The quantitative estimate of drug-likeness (QED) is 0.530. The minimum Gasteiger partial charge on any atom is -0.445 e. The highest BCUT2D eigenvalue weighted by Gasteiger charge is 2.43. The molecule has 1 amide bonds. The molecule has 3 fully saturated rings. The smallest absolute Gasteiger partial charge is 0.410 e. The van der Waals surface area contributed by atoms with E-state index in [4.69, 9.17) is 9.47 Å². The second kappa shape index (κ2) is 10.5. The van der Waals surface area contributed by atoms with Crippen LogP contribution < -0.4 is 0 Å². The van der Waals surface area contributed by atoms with Crippen molar-refractivity contribution in [2.45, 2.75) is 64.4 Å². The van der Waals surface area contributed by atoms with E-state index < -0.39 is 0 Å². The molecule has 0 bridgehead atoms. The van der Waals surface area contributed by atoms with Gasteiger partial charge in [0.25, 0.3) is 0 Å². The number of nitrogens with zero attached hydrogens (tertiary/aromatic N) is 1. The van der Waals surface area contributed by atoms with Gasteiger partial charge in [0.1, 0.15) is 6.61 Å². The van der Waals surface area contributed by atoms with Gasteiger partial charge in [-0.3, -0.25) is 0 Å². The normalized spacial score (nSPS) is 25.7. The predicted molar refractivity (Wildman–Crippen MR) is 115 cm³/mol. The first-order valence-corrected chi connectivity index (χ1v) is 11.8. The molecule has 2 saturated carbocycles. The molecule has 1 aromatic rings. The van der Waals surface area contributed by atoms with Gasteiger partial charge >= 0.3 is 6.09 Å². The fourth-order valence-electron chi connectivity index (χ4n) is 5.34. The van der Waals surface area contributed by atoms with Crippen molar-refractivity contribution < 1.29 is 14.3 Å². The number of carbonyl (C=O) groups is 1. The molecule has 0 spiro atoms. The highest BCUT2D eigenvalue weighted by atomic mass is 16.6. The van der Waals surface area contributed by atoms with E-state index >= 15 is 0 Å². The summed E-state index contributed by atoms with van der Waals surface area (Å²) < 4.78 is 11.5. The first kappa shape index (κ1) is 20.7. The van der Waals surface area contributed by atoms with E-state index in [1.165, 1.54) is 44.9 Å². The van der Waals surface area contributed by atoms with Crippen LogP contribution in [0.15, 0.2) is 30.3 Å². The minimum atomic E-state index is -0.157. The molecule has 0 N–H and O–H groups in total. The van der Waals surface area contributed by atoms with Crippen LogP contribution in [0.2, 0.25) is 0 Å². The first-order chi connectivity index (χ1) is 14.3. The lowest BCUT2D eigenvalue weighted by Crippen LogP contribution is -2.39. The van der Waals surface area contributed by atoms with Crippen molar-refractivity contribution in [1.29, 1.82) is 0 Å². The maximum atomic E-state index is 12.3. The molecule has 1 heterocycles. The molecule has 29 heavy (non-hydrogen) atoms. The summed E-state index contributed by atoms with van der Waals surface area (Å²) in [6.45, 7) is 3.99. The number of hydrogen-bond acceptors (Lipinski definition) is 3. The van der Waals surface area contributed by atoms with Crippen molar-refractivity contribution in [2.75, 3.05) is 26.3 Å². The Bertz CT molecular complexity index is 620. The Kier molecular flexibility index (Phi) is 7.48. The fourth-order valence-corrected chi connectivity index (χ4v) is 5.34. The van der Waals surface area contributed by atoms with Gasteiger partial charge in [-0.1, -0.05) is 49.6 Å². The van der Waals surface area contributed by atoms with Gasteiger partial charge in [-0.25, -0.2) is 4.79 Å². The standard InChI is InChI=1S/C25H37NO3/c27-25(29-19-21-9-5-2-6-10-21)26-14-11-22(12-15-26)24-17-23(24)13-16-28-18-20-7-3-1-4-8-20/h2,5-6,9-10,20,22-24H,1,3-4,7-8,11-19H2/t23-,24-/m1/s1. The van der Waals surface area contributed by atoms with Gasteiger partial charge in [0.05, 0.1) is 0 Å². The summed E-state index contributed by atoms with van der Waals surface area (Å²) in [5.41, 5.74) is 1.04. The van der Waals surface area contributed by atoms with E-state index in [9.17, 15) is 4.79 Å². The van der Waals surface area contributed by atoms with Gasteiger partial charge in [-0.05, 0) is 67.8 Å². The Morgan fingerprint density at radius 3 is 2.52 bits per heavy atom. The number of hydrogen-bond donors (Lipinski definition) is 0. The van der Waals surface area contributed by atoms with E-state index in [1.54, 1.807) is 0 Å². The van der Waals surface area contributed by atoms with Crippen molar-refractivity contribution in [1.82, 2.24) is 4.90 Å². The molecule has 2 atom stereocenters. The third-order valence-corrected chi connectivity index (χ3v) is 7.30. The number of ether oxygens (including phenoxy) is 2. The third-order valence-electron chi connectivity index (χ3n) is 7.30. The molecular weight excluding hydrogens is 362 g/mol. The second-order valence-corrected chi connectivity index (χ2v) is 9.39. The van der Waals surface area contributed by atoms with Gasteiger partial charge < -0.3 is 14.4 Å². The maximum Gasteiger partial charge on any atom is 0.410 e. The second-order valence-electron chi connectivity index (χ2n) is 9.39. The molecule has 0 aromatic heterocycles. The van der Waals surface area contributed by atoms with Crippen molar-refractivity contribution in [3.05, 3.63) is 35.9 Å². The molecule has 0 unspecified atom stereocenters. The molecule has 160 valence electrons. The Balaban J connectivity index is 1.07. The molecule has 1 aliphatic heterocycles. The topological polar surface area (TPSA) is 38.8 Å². The van der Waals surface area contributed by atoms with E-state index in [-0.39, 0.29) is 6.09 Å².